The minimum absolute atomic E-state index is 0.116. The van der Waals surface area contributed by atoms with E-state index in [-0.39, 0.29) is 6.10 Å². The summed E-state index contributed by atoms with van der Waals surface area (Å²) in [4.78, 5) is 11.1. The van der Waals surface area contributed by atoms with Gasteiger partial charge in [0.1, 0.15) is 6.10 Å². The molecule has 1 rings (SSSR count). The van der Waals surface area contributed by atoms with Gasteiger partial charge in [-0.2, -0.15) is 4.89 Å². The first-order valence-corrected chi connectivity index (χ1v) is 6.93. The standard InChI is InChI=1S/C16H26O2/c1-7-13(6)17-18-16-14(11(2)3)9-8-10-15(16)12(4)5/h8-13H,7H2,1-6H3. The molecular weight excluding hydrogens is 224 g/mol. The summed E-state index contributed by atoms with van der Waals surface area (Å²) in [6.45, 7) is 12.8. The molecule has 0 heterocycles. The Kier molecular flexibility index (Phi) is 5.67. The minimum Gasteiger partial charge on any atom is -0.337 e. The molecule has 0 fully saturated rings. The summed E-state index contributed by atoms with van der Waals surface area (Å²) in [5, 5.41) is 0. The molecule has 102 valence electrons. The van der Waals surface area contributed by atoms with Crippen LogP contribution >= 0.6 is 0 Å². The van der Waals surface area contributed by atoms with Crippen LogP contribution in [0.4, 0.5) is 0 Å². The number of rotatable bonds is 6. The molecule has 0 N–H and O–H groups in total. The normalized spacial score (nSPS) is 13.1. The SMILES string of the molecule is CCC(C)OOc1c(C(C)C)cccc1C(C)C. The van der Waals surface area contributed by atoms with Crippen molar-refractivity contribution in [1.82, 2.24) is 0 Å². The molecular formula is C16H26O2. The number of para-hydroxylation sites is 1. The fraction of sp³-hybridized carbons (Fsp3) is 0.625. The van der Waals surface area contributed by atoms with Gasteiger partial charge >= 0.3 is 0 Å². The molecule has 0 radical (unpaired) electrons. The van der Waals surface area contributed by atoms with E-state index in [9.17, 15) is 0 Å². The van der Waals surface area contributed by atoms with Crippen LogP contribution in [0.3, 0.4) is 0 Å². The monoisotopic (exact) mass is 250 g/mol. The Labute approximate surface area is 111 Å². The Morgan fingerprint density at radius 1 is 0.944 bits per heavy atom. The zero-order valence-corrected chi connectivity index (χ0v) is 12.5. The van der Waals surface area contributed by atoms with E-state index in [2.05, 4.69) is 52.8 Å². The Morgan fingerprint density at radius 3 is 1.83 bits per heavy atom. The van der Waals surface area contributed by atoms with Gasteiger partial charge in [-0.3, -0.25) is 0 Å². The van der Waals surface area contributed by atoms with Crippen molar-refractivity contribution in [2.24, 2.45) is 0 Å². The van der Waals surface area contributed by atoms with E-state index in [4.69, 9.17) is 9.78 Å². The van der Waals surface area contributed by atoms with Crippen LogP contribution in [0.5, 0.6) is 5.75 Å². The first kappa shape index (κ1) is 15.0. The van der Waals surface area contributed by atoms with Gasteiger partial charge in [0, 0.05) is 11.1 Å². The quantitative estimate of drug-likeness (QED) is 0.520. The zero-order chi connectivity index (χ0) is 13.7. The van der Waals surface area contributed by atoms with Gasteiger partial charge in [-0.15, -0.1) is 0 Å². The van der Waals surface area contributed by atoms with Crippen molar-refractivity contribution in [2.45, 2.75) is 65.9 Å². The van der Waals surface area contributed by atoms with Gasteiger partial charge in [0.05, 0.1) is 0 Å². The van der Waals surface area contributed by atoms with Gasteiger partial charge in [0.15, 0.2) is 5.75 Å². The van der Waals surface area contributed by atoms with Gasteiger partial charge < -0.3 is 4.89 Å². The first-order valence-electron chi connectivity index (χ1n) is 6.93. The maximum absolute atomic E-state index is 5.64. The molecule has 1 unspecified atom stereocenters. The Bertz CT molecular complexity index is 343. The summed E-state index contributed by atoms with van der Waals surface area (Å²) in [7, 11) is 0. The summed E-state index contributed by atoms with van der Waals surface area (Å²) >= 11 is 0. The molecule has 0 saturated carbocycles. The van der Waals surface area contributed by atoms with Crippen molar-refractivity contribution in [1.29, 1.82) is 0 Å². The van der Waals surface area contributed by atoms with E-state index < -0.39 is 0 Å². The van der Waals surface area contributed by atoms with E-state index in [1.165, 1.54) is 11.1 Å². The van der Waals surface area contributed by atoms with Gasteiger partial charge in [-0.05, 0) is 25.2 Å². The molecule has 0 spiro atoms. The fourth-order valence-corrected chi connectivity index (χ4v) is 1.78. The van der Waals surface area contributed by atoms with Crippen LogP contribution in [0, 0.1) is 0 Å². The van der Waals surface area contributed by atoms with Crippen LogP contribution in [0.15, 0.2) is 18.2 Å². The highest BCUT2D eigenvalue weighted by atomic mass is 17.2. The van der Waals surface area contributed by atoms with Crippen LogP contribution in [-0.4, -0.2) is 6.10 Å². The third-order valence-electron chi connectivity index (χ3n) is 3.19. The molecule has 0 amide bonds. The molecule has 1 atom stereocenters. The highest BCUT2D eigenvalue weighted by Crippen LogP contribution is 2.34. The Balaban J connectivity index is 3.03. The molecule has 0 aromatic heterocycles. The lowest BCUT2D eigenvalue weighted by molar-refractivity contribution is -0.241. The summed E-state index contributed by atoms with van der Waals surface area (Å²) < 4.78 is 0. The molecule has 1 aromatic rings. The van der Waals surface area contributed by atoms with Crippen LogP contribution in [0.1, 0.15) is 70.9 Å². The summed E-state index contributed by atoms with van der Waals surface area (Å²) in [5.41, 5.74) is 2.43. The van der Waals surface area contributed by atoms with Crippen molar-refractivity contribution in [3.05, 3.63) is 29.3 Å². The Hall–Kier alpha value is -1.02. The van der Waals surface area contributed by atoms with Crippen LogP contribution in [0.2, 0.25) is 0 Å². The summed E-state index contributed by atoms with van der Waals surface area (Å²) in [6.07, 6.45) is 1.06. The summed E-state index contributed by atoms with van der Waals surface area (Å²) in [5.74, 6) is 1.77. The van der Waals surface area contributed by atoms with Crippen molar-refractivity contribution in [3.8, 4) is 5.75 Å². The van der Waals surface area contributed by atoms with Crippen molar-refractivity contribution < 1.29 is 9.78 Å². The molecule has 1 aromatic carbocycles. The van der Waals surface area contributed by atoms with E-state index in [1.807, 2.05) is 6.92 Å². The predicted octanol–water partition coefficient (Wildman–Crippen LogP) is 5.04. The second-order valence-electron chi connectivity index (χ2n) is 5.47. The lowest BCUT2D eigenvalue weighted by Gasteiger charge is -2.19. The minimum atomic E-state index is 0.116. The zero-order valence-electron chi connectivity index (χ0n) is 12.5. The molecule has 2 heteroatoms. The maximum atomic E-state index is 5.64. The van der Waals surface area contributed by atoms with E-state index >= 15 is 0 Å². The summed E-state index contributed by atoms with van der Waals surface area (Å²) in [6, 6.07) is 6.33. The van der Waals surface area contributed by atoms with Gasteiger partial charge in [0.25, 0.3) is 0 Å². The molecule has 2 nitrogen and oxygen atoms in total. The third kappa shape index (κ3) is 3.74. The number of hydrogen-bond acceptors (Lipinski definition) is 2. The highest BCUT2D eigenvalue weighted by molar-refractivity contribution is 5.44. The van der Waals surface area contributed by atoms with Crippen molar-refractivity contribution in [3.63, 3.8) is 0 Å². The largest absolute Gasteiger partial charge is 0.337 e. The first-order chi connectivity index (χ1) is 8.47. The second-order valence-corrected chi connectivity index (χ2v) is 5.47. The van der Waals surface area contributed by atoms with E-state index in [0.29, 0.717) is 11.8 Å². The van der Waals surface area contributed by atoms with Crippen LogP contribution in [0.25, 0.3) is 0 Å². The third-order valence-corrected chi connectivity index (χ3v) is 3.19. The molecule has 0 aliphatic carbocycles. The highest BCUT2D eigenvalue weighted by Gasteiger charge is 2.16. The van der Waals surface area contributed by atoms with Gasteiger partial charge in [-0.1, -0.05) is 52.8 Å². The fourth-order valence-electron chi connectivity index (χ4n) is 1.78. The van der Waals surface area contributed by atoms with Gasteiger partial charge in [0.2, 0.25) is 0 Å². The topological polar surface area (TPSA) is 18.5 Å². The van der Waals surface area contributed by atoms with E-state index in [0.717, 1.165) is 12.2 Å². The molecule has 0 saturated heterocycles. The van der Waals surface area contributed by atoms with E-state index in [1.54, 1.807) is 0 Å². The number of hydrogen-bond donors (Lipinski definition) is 0. The van der Waals surface area contributed by atoms with Crippen molar-refractivity contribution >= 4 is 0 Å². The van der Waals surface area contributed by atoms with Gasteiger partial charge in [-0.25, -0.2) is 0 Å². The smallest absolute Gasteiger partial charge is 0.172 e. The average Bonchev–Trinajstić information content (AvgIpc) is 2.34. The molecule has 18 heavy (non-hydrogen) atoms. The number of benzene rings is 1. The predicted molar refractivity (Wildman–Crippen MR) is 76.1 cm³/mol. The lowest BCUT2D eigenvalue weighted by atomic mass is 9.94. The second kappa shape index (κ2) is 6.79. The Morgan fingerprint density at radius 2 is 1.44 bits per heavy atom. The van der Waals surface area contributed by atoms with Crippen LogP contribution in [-0.2, 0) is 4.89 Å². The van der Waals surface area contributed by atoms with Crippen molar-refractivity contribution in [2.75, 3.05) is 0 Å². The maximum Gasteiger partial charge on any atom is 0.172 e. The molecule has 0 aliphatic heterocycles. The lowest BCUT2D eigenvalue weighted by Crippen LogP contribution is -2.12. The molecule has 0 bridgehead atoms. The average molecular weight is 250 g/mol. The van der Waals surface area contributed by atoms with Crippen LogP contribution < -0.4 is 4.89 Å². The molecule has 0 aliphatic rings.